The number of phenols is 1. The largest absolute Gasteiger partial charge is 0.504 e. The van der Waals surface area contributed by atoms with Crippen LogP contribution in [0.1, 0.15) is 18.1 Å². The minimum Gasteiger partial charge on any atom is -0.504 e. The number of rotatable bonds is 10. The Hall–Kier alpha value is -3.71. The number of hydrogen-bond donors (Lipinski definition) is 8. The Balaban J connectivity index is 1.13. The summed E-state index contributed by atoms with van der Waals surface area (Å²) in [4.78, 5) is 18.0. The molecule has 0 unspecified atom stereocenters. The van der Waals surface area contributed by atoms with Crippen LogP contribution in [-0.2, 0) is 30.4 Å². The first-order chi connectivity index (χ1) is 21.9. The standard InChI is InChI=1S/C30H35F2N3O11/c1-13(29(41)35-22-24(38)26(40)28-27(25(22)39)42-12-43-28)8-14-3-5-19(18(36)10-14)45-30-21(33)23(37)20(46-30)6-7-34-44-11-15-2-4-16(31)17(32)9-15/h2-10,20-28,30,34,36-40H,11-12,33H2,1H3,(H,35,41)/t20-,21-,22-,23-,24+,25-,26-,27+,28-,30-/m1/s1. The van der Waals surface area contributed by atoms with Crippen molar-refractivity contribution >= 4 is 12.0 Å². The van der Waals surface area contributed by atoms with Crippen LogP contribution < -0.4 is 21.3 Å². The molecule has 10 atom stereocenters. The second kappa shape index (κ2) is 14.4. The van der Waals surface area contributed by atoms with Gasteiger partial charge in [0.2, 0.25) is 12.2 Å². The summed E-state index contributed by atoms with van der Waals surface area (Å²) < 4.78 is 48.2. The number of carbonyl (C=O) groups is 1. The fourth-order valence-electron chi connectivity index (χ4n) is 5.29. The first-order valence-corrected chi connectivity index (χ1v) is 14.3. The molecule has 2 aliphatic heterocycles. The van der Waals surface area contributed by atoms with Gasteiger partial charge in [-0.2, -0.15) is 0 Å². The van der Waals surface area contributed by atoms with Gasteiger partial charge in [-0.25, -0.2) is 8.78 Å². The van der Waals surface area contributed by atoms with Crippen molar-refractivity contribution in [2.75, 3.05) is 6.79 Å². The van der Waals surface area contributed by atoms with Crippen LogP contribution in [0.4, 0.5) is 8.78 Å². The van der Waals surface area contributed by atoms with E-state index in [4.69, 9.17) is 29.5 Å². The second-order valence-electron chi connectivity index (χ2n) is 11.1. The molecule has 1 saturated carbocycles. The van der Waals surface area contributed by atoms with Crippen molar-refractivity contribution in [3.05, 3.63) is 77.0 Å². The molecule has 0 bridgehead atoms. The van der Waals surface area contributed by atoms with Crippen LogP contribution in [0, 0.1) is 11.6 Å². The molecule has 1 amide bonds. The molecule has 250 valence electrons. The van der Waals surface area contributed by atoms with E-state index in [1.54, 1.807) is 0 Å². The highest BCUT2D eigenvalue weighted by molar-refractivity contribution is 5.97. The topological polar surface area (TPSA) is 214 Å². The van der Waals surface area contributed by atoms with Crippen molar-refractivity contribution in [2.45, 2.75) is 74.6 Å². The number of hydroxylamine groups is 1. The smallest absolute Gasteiger partial charge is 0.247 e. The summed E-state index contributed by atoms with van der Waals surface area (Å²) in [5.74, 6) is -2.94. The van der Waals surface area contributed by atoms with E-state index in [0.29, 0.717) is 11.1 Å². The maximum absolute atomic E-state index is 13.3. The number of fused-ring (bicyclic) bond motifs is 1. The number of aromatic hydroxyl groups is 1. The highest BCUT2D eigenvalue weighted by Crippen LogP contribution is 2.33. The number of nitrogens with two attached hydrogens (primary N) is 1. The van der Waals surface area contributed by atoms with Gasteiger partial charge in [-0.15, -0.1) is 0 Å². The lowest BCUT2D eigenvalue weighted by molar-refractivity contribution is -0.155. The number of amides is 1. The fraction of sp³-hybridized carbons (Fsp3) is 0.433. The quantitative estimate of drug-likeness (QED) is 0.0919. The van der Waals surface area contributed by atoms with E-state index in [2.05, 4.69) is 10.8 Å². The van der Waals surface area contributed by atoms with Crippen molar-refractivity contribution in [2.24, 2.45) is 5.73 Å². The Morgan fingerprint density at radius 1 is 1.02 bits per heavy atom. The highest BCUT2D eigenvalue weighted by Gasteiger charge is 2.53. The summed E-state index contributed by atoms with van der Waals surface area (Å²) in [7, 11) is 0. The normalized spacial score (nSPS) is 32.8. The summed E-state index contributed by atoms with van der Waals surface area (Å²) in [6.45, 7) is 1.25. The van der Waals surface area contributed by atoms with Gasteiger partial charge in [0.05, 0.1) is 18.7 Å². The zero-order valence-electron chi connectivity index (χ0n) is 24.4. The predicted molar refractivity (Wildman–Crippen MR) is 153 cm³/mol. The number of nitrogens with one attached hydrogen (secondary N) is 2. The first kappa shape index (κ1) is 33.6. The predicted octanol–water partition coefficient (Wildman–Crippen LogP) is -0.577. The minimum absolute atomic E-state index is 0.0136. The molecule has 2 aromatic carbocycles. The van der Waals surface area contributed by atoms with Crippen LogP contribution in [0.2, 0.25) is 0 Å². The van der Waals surface area contributed by atoms with Gasteiger partial charge in [-0.1, -0.05) is 12.1 Å². The average molecular weight is 652 g/mol. The van der Waals surface area contributed by atoms with Crippen molar-refractivity contribution in [3.63, 3.8) is 0 Å². The van der Waals surface area contributed by atoms with Crippen LogP contribution >= 0.6 is 0 Å². The molecule has 3 aliphatic rings. The van der Waals surface area contributed by atoms with Crippen molar-refractivity contribution in [3.8, 4) is 11.5 Å². The van der Waals surface area contributed by atoms with Crippen LogP contribution in [0.15, 0.2) is 54.2 Å². The number of benzene rings is 2. The fourth-order valence-corrected chi connectivity index (χ4v) is 5.29. The first-order valence-electron chi connectivity index (χ1n) is 14.3. The van der Waals surface area contributed by atoms with Gasteiger partial charge < -0.3 is 55.5 Å². The number of aliphatic hydroxyl groups is 4. The maximum atomic E-state index is 13.3. The number of halogens is 2. The molecule has 9 N–H and O–H groups in total. The van der Waals surface area contributed by atoms with E-state index in [0.717, 1.165) is 12.1 Å². The summed E-state index contributed by atoms with van der Waals surface area (Å²) in [6.07, 6.45) is -5.10. The van der Waals surface area contributed by atoms with Crippen molar-refractivity contribution < 1.29 is 62.9 Å². The number of hydrogen-bond acceptors (Lipinski definition) is 13. The lowest BCUT2D eigenvalue weighted by Gasteiger charge is -2.41. The molecular weight excluding hydrogens is 616 g/mol. The third kappa shape index (κ3) is 7.30. The summed E-state index contributed by atoms with van der Waals surface area (Å²) >= 11 is 0. The Morgan fingerprint density at radius 2 is 1.76 bits per heavy atom. The Labute approximate surface area is 261 Å². The SMILES string of the molecule is CC(=Cc1ccc(O[C@@H]2O[C@H](C=CNOCc3ccc(F)c(F)c3)[C@@H](O)[C@H]2N)c(O)c1)C(=O)N[C@@H]1[C@H](O)[C@@H](O)[C@H]2OCO[C@H]2[C@@H]1O. The summed E-state index contributed by atoms with van der Waals surface area (Å²) in [5.41, 5.74) is 9.49. The lowest BCUT2D eigenvalue weighted by atomic mass is 9.83. The number of aliphatic hydroxyl groups excluding tert-OH is 4. The molecule has 3 fully saturated rings. The second-order valence-corrected chi connectivity index (χ2v) is 11.1. The molecule has 5 rings (SSSR count). The molecule has 0 radical (unpaired) electrons. The van der Waals surface area contributed by atoms with E-state index < -0.39 is 78.6 Å². The molecule has 2 aromatic rings. The van der Waals surface area contributed by atoms with E-state index in [1.807, 2.05) is 0 Å². The van der Waals surface area contributed by atoms with Gasteiger partial charge in [-0.3, -0.25) is 15.1 Å². The van der Waals surface area contributed by atoms with E-state index in [9.17, 15) is 39.1 Å². The van der Waals surface area contributed by atoms with Crippen LogP contribution in [0.25, 0.3) is 6.08 Å². The zero-order chi connectivity index (χ0) is 33.1. The molecule has 16 heteroatoms. The van der Waals surface area contributed by atoms with E-state index >= 15 is 0 Å². The van der Waals surface area contributed by atoms with Gasteiger partial charge in [0.25, 0.3) is 0 Å². The van der Waals surface area contributed by atoms with E-state index in [1.165, 1.54) is 49.5 Å². The molecule has 1 aliphatic carbocycles. The zero-order valence-corrected chi connectivity index (χ0v) is 24.4. The van der Waals surface area contributed by atoms with Gasteiger partial charge in [0, 0.05) is 11.8 Å². The maximum Gasteiger partial charge on any atom is 0.247 e. The Kier molecular flexibility index (Phi) is 10.5. The summed E-state index contributed by atoms with van der Waals surface area (Å²) in [6, 6.07) is 5.39. The molecular formula is C30H35F2N3O11. The van der Waals surface area contributed by atoms with Gasteiger partial charge in [-0.05, 0) is 54.5 Å². The average Bonchev–Trinajstić information content (AvgIpc) is 3.62. The molecule has 2 saturated heterocycles. The number of phenolic OH excluding ortho intramolecular Hbond substituents is 1. The summed E-state index contributed by atoms with van der Waals surface area (Å²) in [5, 5.41) is 54.9. The molecule has 14 nitrogen and oxygen atoms in total. The molecule has 0 spiro atoms. The Morgan fingerprint density at radius 3 is 2.48 bits per heavy atom. The van der Waals surface area contributed by atoms with Crippen molar-refractivity contribution in [1.82, 2.24) is 10.8 Å². The van der Waals surface area contributed by atoms with Gasteiger partial charge >= 0.3 is 0 Å². The van der Waals surface area contributed by atoms with E-state index in [-0.39, 0.29) is 30.5 Å². The van der Waals surface area contributed by atoms with Crippen LogP contribution in [0.5, 0.6) is 11.5 Å². The molecule has 2 heterocycles. The lowest BCUT2D eigenvalue weighted by Crippen LogP contribution is -2.67. The van der Waals surface area contributed by atoms with Crippen LogP contribution in [-0.4, -0.2) is 99.3 Å². The van der Waals surface area contributed by atoms with Gasteiger partial charge in [0.1, 0.15) is 49.5 Å². The monoisotopic (exact) mass is 651 g/mol. The highest BCUT2D eigenvalue weighted by atomic mass is 19.2. The number of ether oxygens (including phenoxy) is 4. The third-order valence-electron chi connectivity index (χ3n) is 7.87. The van der Waals surface area contributed by atoms with Crippen molar-refractivity contribution in [1.29, 1.82) is 0 Å². The molecule has 46 heavy (non-hydrogen) atoms. The van der Waals surface area contributed by atoms with Crippen LogP contribution in [0.3, 0.4) is 0 Å². The van der Waals surface area contributed by atoms with Gasteiger partial charge in [0.15, 0.2) is 23.1 Å². The number of carbonyl (C=O) groups excluding carboxylic acids is 1. The third-order valence-corrected chi connectivity index (χ3v) is 7.87. The Bertz CT molecular complexity index is 1460. The minimum atomic E-state index is -1.50. The molecule has 0 aromatic heterocycles.